The van der Waals surface area contributed by atoms with Crippen molar-refractivity contribution in [2.45, 2.75) is 62.6 Å². The molecule has 0 unspecified atom stereocenters. The third-order valence-corrected chi connectivity index (χ3v) is 9.65. The molecule has 3 aromatic carbocycles. The molecule has 1 fully saturated rings. The van der Waals surface area contributed by atoms with Gasteiger partial charge in [-0.25, -0.2) is 8.42 Å². The van der Waals surface area contributed by atoms with Crippen LogP contribution in [-0.2, 0) is 26.2 Å². The molecule has 2 amide bonds. The average Bonchev–Trinajstić information content (AvgIpc) is 3.49. The minimum atomic E-state index is -4.22. The minimum Gasteiger partial charge on any atom is -0.497 e. The van der Waals surface area contributed by atoms with Crippen molar-refractivity contribution < 1.29 is 22.7 Å². The quantitative estimate of drug-likeness (QED) is 0.262. The highest BCUT2D eigenvalue weighted by molar-refractivity contribution is 7.92. The Hall–Kier alpha value is -3.27. The van der Waals surface area contributed by atoms with Crippen molar-refractivity contribution in [2.75, 3.05) is 18.0 Å². The van der Waals surface area contributed by atoms with Crippen LogP contribution in [0.5, 0.6) is 5.75 Å². The number of ether oxygens (including phenoxy) is 1. The van der Waals surface area contributed by atoms with E-state index in [9.17, 15) is 18.0 Å². The summed E-state index contributed by atoms with van der Waals surface area (Å²) in [4.78, 5) is 29.1. The highest BCUT2D eigenvalue weighted by Crippen LogP contribution is 2.28. The molecular weight excluding hydrogens is 597 g/mol. The lowest BCUT2D eigenvalue weighted by Crippen LogP contribution is -2.53. The Morgan fingerprint density at radius 1 is 0.976 bits per heavy atom. The number of carbonyl (C=O) groups excluding carboxylic acids is 2. The predicted octanol–water partition coefficient (Wildman–Crippen LogP) is 6.06. The van der Waals surface area contributed by atoms with Crippen molar-refractivity contribution in [1.29, 1.82) is 0 Å². The van der Waals surface area contributed by atoms with Gasteiger partial charge in [-0.1, -0.05) is 61.2 Å². The standard InChI is InChI=1S/C31H35Cl2N3O5S/c1-3-29(31(38)34-25-8-4-5-9-25)35(20-22-11-13-23(32)14-12-22)30(37)21-36(26-10-6-7-24(33)19-26)42(39,40)28-17-15-27(41-2)16-18-28/h6-7,10-19,25,29H,3-5,8-9,20-21H2,1-2H3,(H,34,38)/t29-/m0/s1. The number of sulfonamides is 1. The topological polar surface area (TPSA) is 96.0 Å². The van der Waals surface area contributed by atoms with Gasteiger partial charge in [-0.05, 0) is 79.4 Å². The van der Waals surface area contributed by atoms with Crippen LogP contribution in [0.2, 0.25) is 10.0 Å². The van der Waals surface area contributed by atoms with Crippen LogP contribution >= 0.6 is 23.2 Å². The Labute approximate surface area is 257 Å². The van der Waals surface area contributed by atoms with E-state index in [2.05, 4.69) is 5.32 Å². The zero-order valence-electron chi connectivity index (χ0n) is 23.6. The van der Waals surface area contributed by atoms with E-state index in [4.69, 9.17) is 27.9 Å². The molecule has 1 N–H and O–H groups in total. The van der Waals surface area contributed by atoms with Gasteiger partial charge in [0.1, 0.15) is 18.3 Å². The van der Waals surface area contributed by atoms with Gasteiger partial charge >= 0.3 is 0 Å². The number of hydrogen-bond donors (Lipinski definition) is 1. The van der Waals surface area contributed by atoms with Gasteiger partial charge < -0.3 is 15.0 Å². The fourth-order valence-corrected chi connectivity index (χ4v) is 6.82. The number of halogens is 2. The Morgan fingerprint density at radius 3 is 2.24 bits per heavy atom. The lowest BCUT2D eigenvalue weighted by molar-refractivity contribution is -0.140. The molecule has 8 nitrogen and oxygen atoms in total. The maximum absolute atomic E-state index is 14.2. The van der Waals surface area contributed by atoms with Crippen molar-refractivity contribution in [2.24, 2.45) is 0 Å². The third-order valence-electron chi connectivity index (χ3n) is 7.38. The SMILES string of the molecule is CC[C@@H](C(=O)NC1CCCC1)N(Cc1ccc(Cl)cc1)C(=O)CN(c1cccc(Cl)c1)S(=O)(=O)c1ccc(OC)cc1. The molecule has 224 valence electrons. The number of methoxy groups -OCH3 is 1. The Kier molecular flexibility index (Phi) is 10.8. The smallest absolute Gasteiger partial charge is 0.264 e. The number of hydrogen-bond acceptors (Lipinski definition) is 5. The van der Waals surface area contributed by atoms with Gasteiger partial charge in [-0.15, -0.1) is 0 Å². The van der Waals surface area contributed by atoms with Crippen LogP contribution < -0.4 is 14.4 Å². The zero-order chi connectivity index (χ0) is 30.3. The maximum Gasteiger partial charge on any atom is 0.264 e. The number of carbonyl (C=O) groups is 2. The van der Waals surface area contributed by atoms with Gasteiger partial charge in [0.05, 0.1) is 17.7 Å². The van der Waals surface area contributed by atoms with E-state index in [1.54, 1.807) is 42.5 Å². The summed E-state index contributed by atoms with van der Waals surface area (Å²) in [5.41, 5.74) is 0.980. The predicted molar refractivity (Wildman–Crippen MR) is 165 cm³/mol. The monoisotopic (exact) mass is 631 g/mol. The number of nitrogens with one attached hydrogen (secondary N) is 1. The molecule has 4 rings (SSSR count). The van der Waals surface area contributed by atoms with Gasteiger partial charge in [0.2, 0.25) is 11.8 Å². The zero-order valence-corrected chi connectivity index (χ0v) is 26.0. The van der Waals surface area contributed by atoms with Crippen molar-refractivity contribution in [3.8, 4) is 5.75 Å². The van der Waals surface area contributed by atoms with Gasteiger partial charge in [-0.3, -0.25) is 13.9 Å². The first-order valence-electron chi connectivity index (χ1n) is 13.9. The van der Waals surface area contributed by atoms with Crippen LogP contribution in [0, 0.1) is 0 Å². The molecular formula is C31H35Cl2N3O5S. The number of rotatable bonds is 12. The van der Waals surface area contributed by atoms with E-state index in [0.29, 0.717) is 22.2 Å². The molecule has 0 aliphatic heterocycles. The largest absolute Gasteiger partial charge is 0.497 e. The molecule has 11 heteroatoms. The lowest BCUT2D eigenvalue weighted by atomic mass is 10.1. The second kappa shape index (κ2) is 14.3. The first-order chi connectivity index (χ1) is 20.1. The fourth-order valence-electron chi connectivity index (χ4n) is 5.11. The molecule has 0 heterocycles. The van der Waals surface area contributed by atoms with Crippen molar-refractivity contribution >= 4 is 50.7 Å². The summed E-state index contributed by atoms with van der Waals surface area (Å²) in [6.45, 7) is 1.39. The third kappa shape index (κ3) is 7.76. The summed E-state index contributed by atoms with van der Waals surface area (Å²) in [5, 5.41) is 3.96. The molecule has 1 saturated carbocycles. The highest BCUT2D eigenvalue weighted by atomic mass is 35.5. The molecule has 1 aliphatic rings. The molecule has 0 radical (unpaired) electrons. The molecule has 0 bridgehead atoms. The maximum atomic E-state index is 14.2. The van der Waals surface area contributed by atoms with Gasteiger partial charge in [0.25, 0.3) is 10.0 Å². The van der Waals surface area contributed by atoms with E-state index in [-0.39, 0.29) is 29.1 Å². The summed E-state index contributed by atoms with van der Waals surface area (Å²) in [5.74, 6) is -0.290. The van der Waals surface area contributed by atoms with E-state index in [1.165, 1.54) is 42.3 Å². The minimum absolute atomic E-state index is 0.0219. The molecule has 42 heavy (non-hydrogen) atoms. The number of benzene rings is 3. The van der Waals surface area contributed by atoms with Crippen molar-refractivity contribution in [1.82, 2.24) is 10.2 Å². The van der Waals surface area contributed by atoms with Crippen LogP contribution in [0.15, 0.2) is 77.7 Å². The summed E-state index contributed by atoms with van der Waals surface area (Å²) < 4.78 is 34.2. The van der Waals surface area contributed by atoms with E-state index < -0.39 is 28.5 Å². The van der Waals surface area contributed by atoms with Gasteiger partial charge in [0, 0.05) is 22.6 Å². The summed E-state index contributed by atoms with van der Waals surface area (Å²) in [6.07, 6.45) is 4.24. The van der Waals surface area contributed by atoms with E-state index >= 15 is 0 Å². The molecule has 0 spiro atoms. The lowest BCUT2D eigenvalue weighted by Gasteiger charge is -2.33. The van der Waals surface area contributed by atoms with Crippen LogP contribution in [0.3, 0.4) is 0 Å². The van der Waals surface area contributed by atoms with Crippen LogP contribution in [0.25, 0.3) is 0 Å². The first kappa shape index (κ1) is 31.7. The van der Waals surface area contributed by atoms with Gasteiger partial charge in [-0.2, -0.15) is 0 Å². The van der Waals surface area contributed by atoms with Crippen molar-refractivity contribution in [3.05, 3.63) is 88.4 Å². The summed E-state index contributed by atoms with van der Waals surface area (Å²) >= 11 is 12.3. The second-order valence-electron chi connectivity index (χ2n) is 10.2. The number of nitrogens with zero attached hydrogens (tertiary/aromatic N) is 2. The normalized spacial score (nSPS) is 14.3. The fraction of sp³-hybridized carbons (Fsp3) is 0.355. The molecule has 0 saturated heterocycles. The number of anilines is 1. The van der Waals surface area contributed by atoms with Crippen molar-refractivity contribution in [3.63, 3.8) is 0 Å². The Bertz CT molecular complexity index is 1480. The highest BCUT2D eigenvalue weighted by Gasteiger charge is 2.34. The van der Waals surface area contributed by atoms with Gasteiger partial charge in [0.15, 0.2) is 0 Å². The average molecular weight is 633 g/mol. The molecule has 3 aromatic rings. The van der Waals surface area contributed by atoms with Crippen LogP contribution in [-0.4, -0.2) is 50.9 Å². The van der Waals surface area contributed by atoms with Crippen LogP contribution in [0.1, 0.15) is 44.6 Å². The first-order valence-corrected chi connectivity index (χ1v) is 16.1. The molecule has 1 atom stereocenters. The van der Waals surface area contributed by atoms with E-state index in [1.807, 2.05) is 6.92 Å². The summed E-state index contributed by atoms with van der Waals surface area (Å²) in [6, 6.07) is 18.5. The van der Waals surface area contributed by atoms with E-state index in [0.717, 1.165) is 35.6 Å². The molecule has 1 aliphatic carbocycles. The number of amides is 2. The van der Waals surface area contributed by atoms with Crippen LogP contribution in [0.4, 0.5) is 5.69 Å². The second-order valence-corrected chi connectivity index (χ2v) is 13.0. The molecule has 0 aromatic heterocycles. The summed E-state index contributed by atoms with van der Waals surface area (Å²) in [7, 11) is -2.73. The Morgan fingerprint density at radius 2 is 1.64 bits per heavy atom. The Balaban J connectivity index is 1.71.